The zero-order valence-corrected chi connectivity index (χ0v) is 21.5. The van der Waals surface area contributed by atoms with Gasteiger partial charge in [0.25, 0.3) is 0 Å². The number of hydrogen-bond donors (Lipinski definition) is 0. The van der Waals surface area contributed by atoms with Gasteiger partial charge in [0.05, 0.1) is 6.61 Å². The summed E-state index contributed by atoms with van der Waals surface area (Å²) in [6.45, 7) is 9.44. The van der Waals surface area contributed by atoms with Crippen molar-refractivity contribution >= 4 is 0 Å². The number of rotatable bonds is 0. The summed E-state index contributed by atoms with van der Waals surface area (Å²) in [7, 11) is 0. The molecule has 6 heteroatoms. The average Bonchev–Trinajstić information content (AvgIpc) is 2.29. The first-order valence-corrected chi connectivity index (χ1v) is 6.32. The molecule has 3 radical (unpaired) electrons. The number of allylic oxidation sites excluding steroid dienone is 2. The van der Waals surface area contributed by atoms with Gasteiger partial charge in [-0.3, -0.25) is 0 Å². The van der Waals surface area contributed by atoms with Gasteiger partial charge in [-0.15, -0.1) is 12.6 Å². The Balaban J connectivity index is -0.0000000716. The minimum Gasteiger partial charge on any atom is -0.535 e. The van der Waals surface area contributed by atoms with Gasteiger partial charge in [-0.25, -0.2) is 0 Å². The first kappa shape index (κ1) is 35.8. The predicted molar refractivity (Wildman–Crippen MR) is 79.2 cm³/mol. The van der Waals surface area contributed by atoms with E-state index in [1.165, 1.54) is 0 Å². The molecule has 2 aliphatic rings. The monoisotopic (exact) mass is 541 g/mol. The Morgan fingerprint density at radius 3 is 1.91 bits per heavy atom. The zero-order chi connectivity index (χ0) is 12.8. The Labute approximate surface area is 213 Å². The summed E-state index contributed by atoms with van der Waals surface area (Å²) in [5, 5.41) is 0. The molecule has 0 amide bonds. The van der Waals surface area contributed by atoms with Crippen LogP contribution >= 0.6 is 0 Å². The van der Waals surface area contributed by atoms with E-state index in [9.17, 15) is 4.39 Å². The van der Waals surface area contributed by atoms with Crippen molar-refractivity contribution in [3.63, 3.8) is 0 Å². The molecule has 0 aromatic heterocycles. The Bertz CT molecular complexity index is 266. The molecule has 2 rings (SSSR count). The quantitative estimate of drug-likeness (QED) is 0.405. The van der Waals surface area contributed by atoms with E-state index in [0.29, 0.717) is 24.9 Å². The van der Waals surface area contributed by atoms with Crippen LogP contribution in [0.5, 0.6) is 0 Å². The first-order chi connectivity index (χ1) is 7.99. The van der Waals surface area contributed by atoms with Gasteiger partial charge in [-0.1, -0.05) is 41.4 Å². The fourth-order valence-corrected chi connectivity index (χ4v) is 1.65. The van der Waals surface area contributed by atoms with Crippen molar-refractivity contribution in [3.8, 4) is 0 Å². The van der Waals surface area contributed by atoms with E-state index in [4.69, 9.17) is 9.47 Å². The normalized spacial score (nSPS) is 26.4. The summed E-state index contributed by atoms with van der Waals surface area (Å²) in [5.74, 6) is 1.99. The van der Waals surface area contributed by atoms with Crippen LogP contribution in [0, 0.1) is 24.1 Å². The van der Waals surface area contributed by atoms with E-state index in [-0.39, 0.29) is 125 Å². The van der Waals surface area contributed by atoms with Gasteiger partial charge in [0, 0.05) is 105 Å². The molecule has 1 saturated heterocycles. The Hall–Kier alpha value is 2.74. The molecule has 3 atom stereocenters. The van der Waals surface area contributed by atoms with Crippen molar-refractivity contribution < 1.29 is 112 Å². The summed E-state index contributed by atoms with van der Waals surface area (Å²) in [6.07, 6.45) is 4.50. The van der Waals surface area contributed by atoms with Crippen LogP contribution < -0.4 is 0 Å². The van der Waals surface area contributed by atoms with E-state index in [1.807, 2.05) is 13.8 Å². The van der Waals surface area contributed by atoms with Crippen LogP contribution in [0.15, 0.2) is 5.76 Å². The molecule has 3 unspecified atom stereocenters. The minimum atomic E-state index is -0.263. The van der Waals surface area contributed by atoms with E-state index < -0.39 is 0 Å². The number of halogens is 1. The molecule has 2 aliphatic heterocycles. The van der Waals surface area contributed by atoms with Crippen LogP contribution in [0.1, 0.15) is 55.4 Å². The topological polar surface area (TPSA) is 18.5 Å². The molecular weight excluding hydrogens is 510 g/mol. The third-order valence-corrected chi connectivity index (χ3v) is 2.90. The molecule has 2 heterocycles. The second kappa shape index (κ2) is 20.1. The largest absolute Gasteiger partial charge is 0.535 e. The van der Waals surface area contributed by atoms with Crippen molar-refractivity contribution in [1.29, 1.82) is 0 Å². The number of hydrogen-bond acceptors (Lipinski definition) is 2. The maximum atomic E-state index is 12.6. The van der Waals surface area contributed by atoms with Crippen LogP contribution in [-0.4, -0.2) is 19.3 Å². The SMILES string of the molecule is C.C.CC1=[C-]CC(C)CO1.CC1COC(C)[C-](F)C1.[Y].[Y].[Y]. The van der Waals surface area contributed by atoms with E-state index >= 15 is 0 Å². The standard InChI is InChI=1S/C7H12FO.C7H11O.2CH4.3Y/c1-5-3-7(8)6(2)9-4-5;1-6-3-4-7(2)8-5-6;;;;;/h5-6H,3-4H2,1-2H3;6H,3,5H2,1-2H3;2*1H4;;;/q2*-1;;;;;. The van der Waals surface area contributed by atoms with Crippen LogP contribution in [0.25, 0.3) is 0 Å². The Morgan fingerprint density at radius 1 is 1.05 bits per heavy atom. The molecule has 22 heavy (non-hydrogen) atoms. The summed E-state index contributed by atoms with van der Waals surface area (Å²) < 4.78 is 22.9. The van der Waals surface area contributed by atoms with Crippen LogP contribution in [-0.2, 0) is 108 Å². The fraction of sp³-hybridized carbons (Fsp3) is 0.812. The van der Waals surface area contributed by atoms with Gasteiger partial charge in [0.2, 0.25) is 0 Å². The molecular formula is C16H31FO2Y3-2. The van der Waals surface area contributed by atoms with Crippen molar-refractivity contribution in [2.24, 2.45) is 11.8 Å². The second-order valence-corrected chi connectivity index (χ2v) is 5.08. The molecule has 0 aromatic rings. The van der Waals surface area contributed by atoms with Gasteiger partial charge in [0.1, 0.15) is 0 Å². The Kier molecular flexibility index (Phi) is 32.6. The average molecular weight is 541 g/mol. The molecule has 0 saturated carbocycles. The molecule has 1 fully saturated rings. The molecule has 0 spiro atoms. The molecule has 2 nitrogen and oxygen atoms in total. The summed E-state index contributed by atoms with van der Waals surface area (Å²) in [5.41, 5.74) is 0. The van der Waals surface area contributed by atoms with Crippen molar-refractivity contribution in [1.82, 2.24) is 0 Å². The summed E-state index contributed by atoms with van der Waals surface area (Å²) in [6, 6.07) is 0. The fourth-order valence-electron chi connectivity index (χ4n) is 1.65. The van der Waals surface area contributed by atoms with Crippen LogP contribution in [0.4, 0.5) is 4.39 Å². The summed E-state index contributed by atoms with van der Waals surface area (Å²) >= 11 is 0. The van der Waals surface area contributed by atoms with Gasteiger partial charge < -0.3 is 19.9 Å². The molecule has 125 valence electrons. The second-order valence-electron chi connectivity index (χ2n) is 5.08. The molecule has 0 bridgehead atoms. The van der Waals surface area contributed by atoms with Gasteiger partial charge in [-0.2, -0.15) is 6.42 Å². The van der Waals surface area contributed by atoms with E-state index in [1.54, 1.807) is 6.92 Å². The minimum absolute atomic E-state index is 0. The Morgan fingerprint density at radius 2 is 1.59 bits per heavy atom. The van der Waals surface area contributed by atoms with Crippen molar-refractivity contribution in [2.45, 2.75) is 61.5 Å². The van der Waals surface area contributed by atoms with Gasteiger partial charge in [0.15, 0.2) is 0 Å². The third kappa shape index (κ3) is 16.2. The van der Waals surface area contributed by atoms with Crippen LogP contribution in [0.3, 0.4) is 0 Å². The maximum absolute atomic E-state index is 12.6. The predicted octanol–water partition coefficient (Wildman–Crippen LogP) is 4.95. The van der Waals surface area contributed by atoms with Gasteiger partial charge >= 0.3 is 0 Å². The number of ether oxygens (including phenoxy) is 2. The molecule has 0 aromatic carbocycles. The maximum Gasteiger partial charge on any atom is 0.0836 e. The van der Waals surface area contributed by atoms with Crippen LogP contribution in [0.2, 0.25) is 0 Å². The molecule has 0 N–H and O–H groups in total. The smallest absolute Gasteiger partial charge is 0.0836 e. The van der Waals surface area contributed by atoms with E-state index in [2.05, 4.69) is 13.0 Å². The van der Waals surface area contributed by atoms with Gasteiger partial charge in [-0.05, 0) is 24.9 Å². The zero-order valence-electron chi connectivity index (χ0n) is 13.0. The van der Waals surface area contributed by atoms with Crippen molar-refractivity contribution in [3.05, 3.63) is 18.0 Å². The first-order valence-electron chi connectivity index (χ1n) is 6.32. The third-order valence-electron chi connectivity index (χ3n) is 2.90. The van der Waals surface area contributed by atoms with Crippen molar-refractivity contribution in [2.75, 3.05) is 13.2 Å². The molecule has 0 aliphatic carbocycles. The summed E-state index contributed by atoms with van der Waals surface area (Å²) in [4.78, 5) is 0. The van der Waals surface area contributed by atoms with E-state index in [0.717, 1.165) is 18.8 Å².